The molecule has 3 heterocycles. The second-order valence-corrected chi connectivity index (χ2v) is 7.86. The molecule has 1 aromatic carbocycles. The van der Waals surface area contributed by atoms with Crippen LogP contribution >= 0.6 is 0 Å². The molecule has 31 heavy (non-hydrogen) atoms. The van der Waals surface area contributed by atoms with E-state index in [1.54, 1.807) is 0 Å². The summed E-state index contributed by atoms with van der Waals surface area (Å²) in [7, 11) is 0. The zero-order chi connectivity index (χ0) is 21.6. The molecule has 4 rings (SSSR count). The molecule has 0 radical (unpaired) electrons. The first-order valence-corrected chi connectivity index (χ1v) is 10.6. The van der Waals surface area contributed by atoms with Crippen LogP contribution in [0.1, 0.15) is 29.0 Å². The molecule has 1 fully saturated rings. The van der Waals surface area contributed by atoms with E-state index in [0.717, 1.165) is 55.6 Å². The predicted molar refractivity (Wildman–Crippen MR) is 119 cm³/mol. The number of hydrogen-bond acceptors (Lipinski definition) is 7. The van der Waals surface area contributed by atoms with Crippen molar-refractivity contribution in [1.29, 1.82) is 0 Å². The number of aromatic nitrogens is 3. The number of carbonyl (C=O) groups is 1. The average Bonchev–Trinajstić information content (AvgIpc) is 3.11. The lowest BCUT2D eigenvalue weighted by Gasteiger charge is -2.35. The maximum absolute atomic E-state index is 12.4. The Labute approximate surface area is 182 Å². The number of amides is 1. The molecule has 8 heteroatoms. The summed E-state index contributed by atoms with van der Waals surface area (Å²) in [5.74, 6) is 2.05. The van der Waals surface area contributed by atoms with Gasteiger partial charge in [0.15, 0.2) is 0 Å². The van der Waals surface area contributed by atoms with Crippen LogP contribution in [-0.4, -0.2) is 52.1 Å². The Balaban J connectivity index is 1.29. The molecule has 1 N–H and O–H groups in total. The third-order valence-corrected chi connectivity index (χ3v) is 5.65. The first kappa shape index (κ1) is 21.0. The van der Waals surface area contributed by atoms with Crippen LogP contribution in [-0.2, 0) is 17.8 Å². The highest BCUT2D eigenvalue weighted by molar-refractivity contribution is 5.90. The summed E-state index contributed by atoms with van der Waals surface area (Å²) in [5, 5.41) is 6.82. The first-order valence-electron chi connectivity index (χ1n) is 10.6. The Morgan fingerprint density at radius 2 is 1.87 bits per heavy atom. The quantitative estimate of drug-likeness (QED) is 0.629. The maximum Gasteiger partial charge on any atom is 0.225 e. The Kier molecular flexibility index (Phi) is 6.57. The Bertz CT molecular complexity index is 992. The number of carbonyl (C=O) groups excluding carboxylic acids is 1. The van der Waals surface area contributed by atoms with Gasteiger partial charge in [-0.1, -0.05) is 35.5 Å². The van der Waals surface area contributed by atoms with Gasteiger partial charge < -0.3 is 14.7 Å². The van der Waals surface area contributed by atoms with Crippen molar-refractivity contribution in [3.63, 3.8) is 0 Å². The summed E-state index contributed by atoms with van der Waals surface area (Å²) < 4.78 is 5.16. The minimum Gasteiger partial charge on any atom is -0.361 e. The lowest BCUT2D eigenvalue weighted by molar-refractivity contribution is -0.116. The fourth-order valence-corrected chi connectivity index (χ4v) is 3.87. The monoisotopic (exact) mass is 420 g/mol. The molecule has 0 aliphatic carbocycles. The van der Waals surface area contributed by atoms with Gasteiger partial charge in [-0.3, -0.25) is 9.69 Å². The molecule has 1 aliphatic rings. The summed E-state index contributed by atoms with van der Waals surface area (Å²) in [6, 6.07) is 12.4. The predicted octanol–water partition coefficient (Wildman–Crippen LogP) is 2.97. The van der Waals surface area contributed by atoms with Gasteiger partial charge in [0.2, 0.25) is 5.91 Å². The molecule has 1 aliphatic heterocycles. The smallest absolute Gasteiger partial charge is 0.225 e. The molecule has 8 nitrogen and oxygen atoms in total. The lowest BCUT2D eigenvalue weighted by Crippen LogP contribution is -2.46. The molecular formula is C23H28N6O2. The van der Waals surface area contributed by atoms with E-state index in [2.05, 4.69) is 54.5 Å². The van der Waals surface area contributed by atoms with Crippen molar-refractivity contribution in [3.05, 3.63) is 65.3 Å². The first-order chi connectivity index (χ1) is 15.1. The zero-order valence-corrected chi connectivity index (χ0v) is 18.0. The van der Waals surface area contributed by atoms with Crippen LogP contribution in [0.2, 0.25) is 0 Å². The van der Waals surface area contributed by atoms with Crippen LogP contribution in [0.5, 0.6) is 0 Å². The summed E-state index contributed by atoms with van der Waals surface area (Å²) in [4.78, 5) is 25.7. The number of rotatable bonds is 7. The van der Waals surface area contributed by atoms with Gasteiger partial charge in [-0.2, -0.15) is 0 Å². The fraction of sp³-hybridized carbons (Fsp3) is 0.391. The standard InChI is InChI=1S/C23H28N6O2/c1-17-20(18(2)31-27-17)8-9-23(30)26-21-14-22(25-16-24-21)29-12-10-28(11-13-29)15-19-6-4-3-5-7-19/h3-7,14,16H,8-13,15H2,1-2H3,(H,24,25,26,30). The van der Waals surface area contributed by atoms with E-state index < -0.39 is 0 Å². The number of nitrogens with one attached hydrogen (secondary N) is 1. The van der Waals surface area contributed by atoms with Gasteiger partial charge in [0.05, 0.1) is 5.69 Å². The number of benzene rings is 1. The number of nitrogens with zero attached hydrogens (tertiary/aromatic N) is 5. The SMILES string of the molecule is Cc1noc(C)c1CCC(=O)Nc1cc(N2CCN(Cc3ccccc3)CC2)ncn1. The Morgan fingerprint density at radius 3 is 2.58 bits per heavy atom. The van der Waals surface area contributed by atoms with Gasteiger partial charge in [-0.15, -0.1) is 0 Å². The highest BCUT2D eigenvalue weighted by Gasteiger charge is 2.19. The van der Waals surface area contributed by atoms with Crippen LogP contribution in [0.25, 0.3) is 0 Å². The molecule has 162 valence electrons. The molecule has 0 unspecified atom stereocenters. The topological polar surface area (TPSA) is 87.4 Å². The van der Waals surface area contributed by atoms with Gasteiger partial charge >= 0.3 is 0 Å². The summed E-state index contributed by atoms with van der Waals surface area (Å²) >= 11 is 0. The summed E-state index contributed by atoms with van der Waals surface area (Å²) in [6.07, 6.45) is 2.45. The number of piperazine rings is 1. The van der Waals surface area contributed by atoms with Crippen molar-refractivity contribution in [2.75, 3.05) is 36.4 Å². The molecule has 0 saturated carbocycles. The molecule has 0 bridgehead atoms. The number of aryl methyl sites for hydroxylation is 2. The van der Waals surface area contributed by atoms with Crippen LogP contribution in [0.4, 0.5) is 11.6 Å². The Morgan fingerprint density at radius 1 is 1.10 bits per heavy atom. The second kappa shape index (κ2) is 9.70. The van der Waals surface area contributed by atoms with E-state index in [9.17, 15) is 4.79 Å². The maximum atomic E-state index is 12.4. The second-order valence-electron chi connectivity index (χ2n) is 7.86. The van der Waals surface area contributed by atoms with Crippen molar-refractivity contribution in [2.45, 2.75) is 33.2 Å². The highest BCUT2D eigenvalue weighted by Crippen LogP contribution is 2.18. The van der Waals surface area contributed by atoms with Crippen molar-refractivity contribution in [2.24, 2.45) is 0 Å². The summed E-state index contributed by atoms with van der Waals surface area (Å²) in [5.41, 5.74) is 3.16. The lowest BCUT2D eigenvalue weighted by atomic mass is 10.1. The Hall–Kier alpha value is -3.26. The molecule has 0 atom stereocenters. The minimum absolute atomic E-state index is 0.0858. The number of anilines is 2. The molecule has 0 spiro atoms. The third kappa shape index (κ3) is 5.46. The summed E-state index contributed by atoms with van der Waals surface area (Å²) in [6.45, 7) is 8.44. The molecular weight excluding hydrogens is 392 g/mol. The van der Waals surface area contributed by atoms with Crippen molar-refractivity contribution in [1.82, 2.24) is 20.0 Å². The van der Waals surface area contributed by atoms with Gasteiger partial charge in [0.1, 0.15) is 23.7 Å². The van der Waals surface area contributed by atoms with Crippen molar-refractivity contribution >= 4 is 17.5 Å². The molecule has 2 aromatic heterocycles. The van der Waals surface area contributed by atoms with Crippen molar-refractivity contribution in [3.8, 4) is 0 Å². The van der Waals surface area contributed by atoms with E-state index >= 15 is 0 Å². The fourth-order valence-electron chi connectivity index (χ4n) is 3.87. The van der Waals surface area contributed by atoms with E-state index in [1.165, 1.54) is 11.9 Å². The van der Waals surface area contributed by atoms with E-state index in [-0.39, 0.29) is 5.91 Å². The van der Waals surface area contributed by atoms with E-state index in [0.29, 0.717) is 18.7 Å². The number of hydrogen-bond donors (Lipinski definition) is 1. The molecule has 3 aromatic rings. The molecule has 1 saturated heterocycles. The highest BCUT2D eigenvalue weighted by atomic mass is 16.5. The van der Waals surface area contributed by atoms with Crippen LogP contribution in [0.15, 0.2) is 47.2 Å². The van der Waals surface area contributed by atoms with Gasteiger partial charge in [-0.05, 0) is 25.8 Å². The van der Waals surface area contributed by atoms with Gasteiger partial charge in [-0.25, -0.2) is 9.97 Å². The average molecular weight is 421 g/mol. The van der Waals surface area contributed by atoms with Gasteiger partial charge in [0, 0.05) is 50.8 Å². The van der Waals surface area contributed by atoms with Crippen molar-refractivity contribution < 1.29 is 9.32 Å². The van der Waals surface area contributed by atoms with Gasteiger partial charge in [0.25, 0.3) is 0 Å². The zero-order valence-electron chi connectivity index (χ0n) is 18.0. The van der Waals surface area contributed by atoms with Crippen LogP contribution in [0.3, 0.4) is 0 Å². The molecule has 1 amide bonds. The van der Waals surface area contributed by atoms with E-state index in [1.807, 2.05) is 26.0 Å². The normalized spacial score (nSPS) is 14.6. The third-order valence-electron chi connectivity index (χ3n) is 5.65. The van der Waals surface area contributed by atoms with Crippen LogP contribution in [0, 0.1) is 13.8 Å². The minimum atomic E-state index is -0.0858. The van der Waals surface area contributed by atoms with E-state index in [4.69, 9.17) is 4.52 Å². The van der Waals surface area contributed by atoms with Crippen LogP contribution < -0.4 is 10.2 Å². The largest absolute Gasteiger partial charge is 0.361 e.